The third-order valence-corrected chi connectivity index (χ3v) is 5.77. The maximum absolute atomic E-state index is 13.6. The molecule has 0 aliphatic carbocycles. The van der Waals surface area contributed by atoms with Gasteiger partial charge in [-0.2, -0.15) is 0 Å². The van der Waals surface area contributed by atoms with Crippen molar-refractivity contribution in [2.24, 2.45) is 0 Å². The lowest BCUT2D eigenvalue weighted by molar-refractivity contribution is -0.137. The van der Waals surface area contributed by atoms with Crippen LogP contribution in [0.4, 0.5) is 5.69 Å². The minimum Gasteiger partial charge on any atom is -0.492 e. The van der Waals surface area contributed by atoms with Gasteiger partial charge >= 0.3 is 0 Å². The van der Waals surface area contributed by atoms with Gasteiger partial charge in [0, 0.05) is 5.02 Å². The standard InChI is InChI=1S/C27H25ClN2O3/c1-4-33-23-8-6-5-7-22(23)29-25-24(21-14-9-17(2)15-18(21)3)26(31)30(27(25)32)16-19-10-12-20(28)13-11-19/h5-15,29H,4,16H2,1-3H3. The van der Waals surface area contributed by atoms with Gasteiger partial charge in [-0.1, -0.05) is 59.6 Å². The fourth-order valence-electron chi connectivity index (χ4n) is 3.94. The summed E-state index contributed by atoms with van der Waals surface area (Å²) < 4.78 is 5.72. The third-order valence-electron chi connectivity index (χ3n) is 5.52. The van der Waals surface area contributed by atoms with Gasteiger partial charge in [0.2, 0.25) is 0 Å². The number of halogens is 1. The molecule has 168 valence electrons. The van der Waals surface area contributed by atoms with E-state index in [2.05, 4.69) is 5.32 Å². The maximum Gasteiger partial charge on any atom is 0.278 e. The first-order valence-electron chi connectivity index (χ1n) is 10.8. The van der Waals surface area contributed by atoms with Gasteiger partial charge in [0.15, 0.2) is 0 Å². The number of hydrogen-bond acceptors (Lipinski definition) is 4. The van der Waals surface area contributed by atoms with Crippen LogP contribution >= 0.6 is 11.6 Å². The Morgan fingerprint density at radius 1 is 0.939 bits per heavy atom. The zero-order chi connectivity index (χ0) is 23.5. The second kappa shape index (κ2) is 9.51. The number of nitrogens with zero attached hydrogens (tertiary/aromatic N) is 1. The van der Waals surface area contributed by atoms with Gasteiger partial charge < -0.3 is 10.1 Å². The molecule has 0 fully saturated rings. The number of hydrogen-bond donors (Lipinski definition) is 1. The number of aryl methyl sites for hydroxylation is 2. The van der Waals surface area contributed by atoms with E-state index in [0.717, 1.165) is 22.3 Å². The van der Waals surface area contributed by atoms with Crippen LogP contribution in [0, 0.1) is 13.8 Å². The minimum atomic E-state index is -0.378. The molecule has 1 N–H and O–H groups in total. The van der Waals surface area contributed by atoms with Crippen molar-refractivity contribution in [3.8, 4) is 5.75 Å². The Morgan fingerprint density at radius 3 is 2.36 bits per heavy atom. The van der Waals surface area contributed by atoms with Crippen LogP contribution in [0.1, 0.15) is 29.2 Å². The summed E-state index contributed by atoms with van der Waals surface area (Å²) in [4.78, 5) is 28.4. The summed E-state index contributed by atoms with van der Waals surface area (Å²) in [6.07, 6.45) is 0. The van der Waals surface area contributed by atoms with E-state index >= 15 is 0 Å². The molecule has 1 aliphatic heterocycles. The molecule has 0 saturated heterocycles. The van der Waals surface area contributed by atoms with Crippen LogP contribution in [-0.2, 0) is 16.1 Å². The first-order chi connectivity index (χ1) is 15.9. The van der Waals surface area contributed by atoms with Crippen LogP contribution in [0.25, 0.3) is 5.57 Å². The Bertz CT molecular complexity index is 1250. The predicted molar refractivity (Wildman–Crippen MR) is 131 cm³/mol. The van der Waals surface area contributed by atoms with Gasteiger partial charge in [-0.3, -0.25) is 14.5 Å². The topological polar surface area (TPSA) is 58.6 Å². The van der Waals surface area contributed by atoms with E-state index in [1.807, 2.05) is 75.4 Å². The molecule has 0 bridgehead atoms. The van der Waals surface area contributed by atoms with E-state index in [4.69, 9.17) is 16.3 Å². The van der Waals surface area contributed by atoms with E-state index < -0.39 is 0 Å². The van der Waals surface area contributed by atoms with Crippen molar-refractivity contribution in [3.05, 3.63) is 99.7 Å². The van der Waals surface area contributed by atoms with Crippen molar-refractivity contribution in [2.45, 2.75) is 27.3 Å². The predicted octanol–water partition coefficient (Wildman–Crippen LogP) is 5.75. The van der Waals surface area contributed by atoms with E-state index in [1.54, 1.807) is 12.1 Å². The van der Waals surface area contributed by atoms with Crippen LogP contribution < -0.4 is 10.1 Å². The molecular formula is C27H25ClN2O3. The summed E-state index contributed by atoms with van der Waals surface area (Å²) in [5.74, 6) is -0.0987. The second-order valence-electron chi connectivity index (χ2n) is 7.95. The van der Waals surface area contributed by atoms with Crippen molar-refractivity contribution < 1.29 is 14.3 Å². The molecule has 0 radical (unpaired) electrons. The molecule has 0 spiro atoms. The van der Waals surface area contributed by atoms with Crippen molar-refractivity contribution >= 4 is 34.7 Å². The van der Waals surface area contributed by atoms with Gasteiger partial charge in [0.1, 0.15) is 11.4 Å². The lowest BCUT2D eigenvalue weighted by Crippen LogP contribution is -2.32. The third kappa shape index (κ3) is 4.64. The zero-order valence-electron chi connectivity index (χ0n) is 18.8. The number of benzene rings is 3. The fraction of sp³-hybridized carbons (Fsp3) is 0.185. The number of imide groups is 1. The van der Waals surface area contributed by atoms with Gasteiger partial charge in [-0.15, -0.1) is 0 Å². The van der Waals surface area contributed by atoms with Crippen molar-refractivity contribution in [1.29, 1.82) is 0 Å². The molecule has 5 nitrogen and oxygen atoms in total. The number of carbonyl (C=O) groups is 2. The molecule has 1 aliphatic rings. The van der Waals surface area contributed by atoms with Crippen LogP contribution in [0.5, 0.6) is 5.75 Å². The van der Waals surface area contributed by atoms with Crippen molar-refractivity contribution in [3.63, 3.8) is 0 Å². The lowest BCUT2D eigenvalue weighted by atomic mass is 9.97. The molecular weight excluding hydrogens is 436 g/mol. The van der Waals surface area contributed by atoms with Gasteiger partial charge in [-0.25, -0.2) is 0 Å². The second-order valence-corrected chi connectivity index (χ2v) is 8.38. The van der Waals surface area contributed by atoms with Gasteiger partial charge in [-0.05, 0) is 61.7 Å². The summed E-state index contributed by atoms with van der Waals surface area (Å²) in [6.45, 7) is 6.48. The van der Waals surface area contributed by atoms with Gasteiger partial charge in [0.05, 0.1) is 24.4 Å². The Balaban J connectivity index is 1.78. The Kier molecular flexibility index (Phi) is 6.52. The monoisotopic (exact) mass is 460 g/mol. The summed E-state index contributed by atoms with van der Waals surface area (Å²) in [7, 11) is 0. The molecule has 33 heavy (non-hydrogen) atoms. The molecule has 0 saturated carbocycles. The van der Waals surface area contributed by atoms with Crippen LogP contribution in [0.2, 0.25) is 5.02 Å². The maximum atomic E-state index is 13.6. The van der Waals surface area contributed by atoms with Crippen LogP contribution in [0.3, 0.4) is 0 Å². The number of para-hydroxylation sites is 2. The number of anilines is 1. The molecule has 3 aromatic rings. The highest BCUT2D eigenvalue weighted by molar-refractivity contribution is 6.36. The van der Waals surface area contributed by atoms with Crippen molar-refractivity contribution in [2.75, 3.05) is 11.9 Å². The van der Waals surface area contributed by atoms with Crippen molar-refractivity contribution in [1.82, 2.24) is 4.90 Å². The summed E-state index contributed by atoms with van der Waals surface area (Å²) in [5, 5.41) is 3.81. The molecule has 1 heterocycles. The number of nitrogens with one attached hydrogen (secondary N) is 1. The average molecular weight is 461 g/mol. The van der Waals surface area contributed by atoms with Crippen LogP contribution in [-0.4, -0.2) is 23.3 Å². The number of carbonyl (C=O) groups excluding carboxylic acids is 2. The summed E-state index contributed by atoms with van der Waals surface area (Å²) in [6, 6.07) is 20.4. The van der Waals surface area contributed by atoms with E-state index in [0.29, 0.717) is 28.6 Å². The lowest BCUT2D eigenvalue weighted by Gasteiger charge is -2.16. The highest BCUT2D eigenvalue weighted by Gasteiger charge is 2.40. The normalized spacial score (nSPS) is 13.6. The summed E-state index contributed by atoms with van der Waals surface area (Å²) in [5.41, 5.74) is 4.79. The molecule has 4 rings (SSSR count). The SMILES string of the molecule is CCOc1ccccc1NC1=C(c2ccc(C)cc2C)C(=O)N(Cc2ccc(Cl)cc2)C1=O. The number of ether oxygens (including phenoxy) is 1. The summed E-state index contributed by atoms with van der Waals surface area (Å²) >= 11 is 6.00. The quantitative estimate of drug-likeness (QED) is 0.456. The first kappa shape index (κ1) is 22.6. The Labute approximate surface area is 198 Å². The van der Waals surface area contributed by atoms with E-state index in [9.17, 15) is 9.59 Å². The molecule has 6 heteroatoms. The molecule has 2 amide bonds. The number of amides is 2. The molecule has 0 unspecified atom stereocenters. The zero-order valence-corrected chi connectivity index (χ0v) is 19.6. The largest absolute Gasteiger partial charge is 0.492 e. The minimum absolute atomic E-state index is 0.154. The fourth-order valence-corrected chi connectivity index (χ4v) is 4.06. The average Bonchev–Trinajstić information content (AvgIpc) is 3.01. The Hall–Kier alpha value is -3.57. The van der Waals surface area contributed by atoms with Gasteiger partial charge in [0.25, 0.3) is 11.8 Å². The van der Waals surface area contributed by atoms with Crippen LogP contribution in [0.15, 0.2) is 72.4 Å². The highest BCUT2D eigenvalue weighted by atomic mass is 35.5. The smallest absolute Gasteiger partial charge is 0.278 e. The first-order valence-corrected chi connectivity index (χ1v) is 11.2. The van der Waals surface area contributed by atoms with E-state index in [-0.39, 0.29) is 24.1 Å². The molecule has 0 aromatic heterocycles. The highest BCUT2D eigenvalue weighted by Crippen LogP contribution is 2.35. The van der Waals surface area contributed by atoms with E-state index in [1.165, 1.54) is 4.90 Å². The Morgan fingerprint density at radius 2 is 1.67 bits per heavy atom. The number of rotatable bonds is 7. The molecule has 0 atom stereocenters. The molecule has 3 aromatic carbocycles.